The molecule has 2 N–H and O–H groups in total. The number of nitrogens with one attached hydrogen (secondary N) is 1. The molecule has 88 valence electrons. The van der Waals surface area contributed by atoms with Crippen LogP contribution in [-0.4, -0.2) is 23.7 Å². The van der Waals surface area contributed by atoms with Gasteiger partial charge in [-0.2, -0.15) is 0 Å². The Labute approximate surface area is 92.3 Å². The number of rotatable bonds is 5. The van der Waals surface area contributed by atoms with E-state index in [2.05, 4.69) is 12.2 Å². The van der Waals surface area contributed by atoms with Crippen LogP contribution in [0.1, 0.15) is 51.9 Å². The molecule has 0 bridgehead atoms. The molecule has 0 aromatic carbocycles. The summed E-state index contributed by atoms with van der Waals surface area (Å²) in [6.45, 7) is 2.89. The van der Waals surface area contributed by atoms with Gasteiger partial charge in [-0.05, 0) is 25.2 Å². The SMILES string of the molecule is CCC1CCCC(NCCC(=O)O)CC1. The first-order valence-electron chi connectivity index (χ1n) is 6.17. The zero-order chi connectivity index (χ0) is 11.1. The Morgan fingerprint density at radius 1 is 1.33 bits per heavy atom. The van der Waals surface area contributed by atoms with Crippen molar-refractivity contribution in [3.8, 4) is 0 Å². The average Bonchev–Trinajstić information content (AvgIpc) is 2.42. The van der Waals surface area contributed by atoms with Crippen LogP contribution in [0.2, 0.25) is 0 Å². The highest BCUT2D eigenvalue weighted by Crippen LogP contribution is 2.25. The maximum atomic E-state index is 10.4. The monoisotopic (exact) mass is 213 g/mol. The van der Waals surface area contributed by atoms with Crippen molar-refractivity contribution < 1.29 is 9.90 Å². The van der Waals surface area contributed by atoms with Crippen LogP contribution in [0.25, 0.3) is 0 Å². The highest BCUT2D eigenvalue weighted by molar-refractivity contribution is 5.66. The van der Waals surface area contributed by atoms with E-state index in [1.165, 1.54) is 38.5 Å². The lowest BCUT2D eigenvalue weighted by atomic mass is 9.98. The summed E-state index contributed by atoms with van der Waals surface area (Å²) in [6, 6.07) is 0.556. The molecule has 0 aromatic heterocycles. The Balaban J connectivity index is 2.16. The lowest BCUT2D eigenvalue weighted by Gasteiger charge is -2.15. The molecule has 0 heterocycles. The summed E-state index contributed by atoms with van der Waals surface area (Å²) in [5.41, 5.74) is 0. The van der Waals surface area contributed by atoms with E-state index in [1.807, 2.05) is 0 Å². The zero-order valence-electron chi connectivity index (χ0n) is 9.67. The molecule has 3 nitrogen and oxygen atoms in total. The third-order valence-corrected chi connectivity index (χ3v) is 3.44. The molecule has 0 saturated heterocycles. The van der Waals surface area contributed by atoms with Crippen LogP contribution >= 0.6 is 0 Å². The number of hydrogen-bond donors (Lipinski definition) is 2. The second-order valence-electron chi connectivity index (χ2n) is 4.58. The maximum absolute atomic E-state index is 10.4. The van der Waals surface area contributed by atoms with Gasteiger partial charge < -0.3 is 10.4 Å². The number of hydrogen-bond acceptors (Lipinski definition) is 2. The van der Waals surface area contributed by atoms with E-state index in [4.69, 9.17) is 5.11 Å². The summed E-state index contributed by atoms with van der Waals surface area (Å²) in [5, 5.41) is 11.9. The van der Waals surface area contributed by atoms with Crippen LogP contribution in [0.4, 0.5) is 0 Å². The fourth-order valence-corrected chi connectivity index (χ4v) is 2.37. The van der Waals surface area contributed by atoms with Crippen molar-refractivity contribution in [2.75, 3.05) is 6.54 Å². The first-order valence-corrected chi connectivity index (χ1v) is 6.17. The van der Waals surface area contributed by atoms with Crippen molar-refractivity contribution >= 4 is 5.97 Å². The Morgan fingerprint density at radius 3 is 2.80 bits per heavy atom. The van der Waals surface area contributed by atoms with Crippen LogP contribution in [-0.2, 0) is 4.79 Å². The van der Waals surface area contributed by atoms with E-state index >= 15 is 0 Å². The van der Waals surface area contributed by atoms with Gasteiger partial charge in [-0.1, -0.05) is 26.2 Å². The molecule has 2 atom stereocenters. The normalized spacial score (nSPS) is 27.3. The summed E-state index contributed by atoms with van der Waals surface area (Å²) in [6.07, 6.45) is 7.93. The van der Waals surface area contributed by atoms with E-state index in [9.17, 15) is 4.79 Å². The van der Waals surface area contributed by atoms with Gasteiger partial charge in [0.2, 0.25) is 0 Å². The fourth-order valence-electron chi connectivity index (χ4n) is 2.37. The quantitative estimate of drug-likeness (QED) is 0.689. The minimum atomic E-state index is -0.706. The number of aliphatic carboxylic acids is 1. The Hall–Kier alpha value is -0.570. The summed E-state index contributed by atoms with van der Waals surface area (Å²) in [4.78, 5) is 10.4. The maximum Gasteiger partial charge on any atom is 0.304 e. The standard InChI is InChI=1S/C12H23NO2/c1-2-10-4-3-5-11(7-6-10)13-9-8-12(14)15/h10-11,13H,2-9H2,1H3,(H,14,15). The molecule has 0 aliphatic heterocycles. The van der Waals surface area contributed by atoms with Crippen LogP contribution in [0.15, 0.2) is 0 Å². The molecular formula is C12H23NO2. The van der Waals surface area contributed by atoms with Gasteiger partial charge in [-0.15, -0.1) is 0 Å². The highest BCUT2D eigenvalue weighted by atomic mass is 16.4. The van der Waals surface area contributed by atoms with Crippen molar-refractivity contribution in [3.05, 3.63) is 0 Å². The van der Waals surface area contributed by atoms with Gasteiger partial charge in [-0.3, -0.25) is 4.79 Å². The molecule has 1 rings (SSSR count). The van der Waals surface area contributed by atoms with E-state index in [0.717, 1.165) is 5.92 Å². The first-order chi connectivity index (χ1) is 7.22. The molecule has 15 heavy (non-hydrogen) atoms. The van der Waals surface area contributed by atoms with E-state index in [-0.39, 0.29) is 6.42 Å². The van der Waals surface area contributed by atoms with E-state index in [0.29, 0.717) is 12.6 Å². The number of carboxylic acid groups (broad SMARTS) is 1. The Bertz CT molecular complexity index is 194. The molecule has 2 unspecified atom stereocenters. The van der Waals surface area contributed by atoms with E-state index < -0.39 is 5.97 Å². The first kappa shape index (κ1) is 12.5. The molecule has 0 spiro atoms. The summed E-state index contributed by atoms with van der Waals surface area (Å²) in [7, 11) is 0. The summed E-state index contributed by atoms with van der Waals surface area (Å²) in [5.74, 6) is 0.193. The fraction of sp³-hybridized carbons (Fsp3) is 0.917. The summed E-state index contributed by atoms with van der Waals surface area (Å²) < 4.78 is 0. The Kier molecular flexibility index (Phi) is 5.69. The van der Waals surface area contributed by atoms with Crippen molar-refractivity contribution in [2.45, 2.75) is 57.9 Å². The van der Waals surface area contributed by atoms with Crippen LogP contribution in [0, 0.1) is 5.92 Å². The molecule has 1 aliphatic carbocycles. The van der Waals surface area contributed by atoms with Gasteiger partial charge in [0.15, 0.2) is 0 Å². The summed E-state index contributed by atoms with van der Waals surface area (Å²) >= 11 is 0. The predicted octanol–water partition coefficient (Wildman–Crippen LogP) is 2.41. The molecule has 1 saturated carbocycles. The van der Waals surface area contributed by atoms with Gasteiger partial charge in [0, 0.05) is 12.6 Å². The smallest absolute Gasteiger partial charge is 0.304 e. The van der Waals surface area contributed by atoms with Crippen molar-refractivity contribution in [1.29, 1.82) is 0 Å². The van der Waals surface area contributed by atoms with Crippen LogP contribution in [0.3, 0.4) is 0 Å². The zero-order valence-corrected chi connectivity index (χ0v) is 9.67. The number of carbonyl (C=O) groups is 1. The minimum Gasteiger partial charge on any atom is -0.481 e. The lowest BCUT2D eigenvalue weighted by molar-refractivity contribution is -0.136. The van der Waals surface area contributed by atoms with Gasteiger partial charge in [0.25, 0.3) is 0 Å². The lowest BCUT2D eigenvalue weighted by Crippen LogP contribution is -2.30. The van der Waals surface area contributed by atoms with Gasteiger partial charge in [0.1, 0.15) is 0 Å². The second-order valence-corrected chi connectivity index (χ2v) is 4.58. The van der Waals surface area contributed by atoms with Crippen LogP contribution < -0.4 is 5.32 Å². The Morgan fingerprint density at radius 2 is 2.13 bits per heavy atom. The largest absolute Gasteiger partial charge is 0.481 e. The minimum absolute atomic E-state index is 0.244. The highest BCUT2D eigenvalue weighted by Gasteiger charge is 2.17. The molecule has 0 amide bonds. The second kappa shape index (κ2) is 6.83. The third kappa shape index (κ3) is 5.17. The molecule has 1 aliphatic rings. The predicted molar refractivity (Wildman–Crippen MR) is 60.9 cm³/mol. The van der Waals surface area contributed by atoms with Gasteiger partial charge in [-0.25, -0.2) is 0 Å². The van der Waals surface area contributed by atoms with E-state index in [1.54, 1.807) is 0 Å². The van der Waals surface area contributed by atoms with Crippen LogP contribution in [0.5, 0.6) is 0 Å². The molecule has 0 aromatic rings. The van der Waals surface area contributed by atoms with Crippen molar-refractivity contribution in [1.82, 2.24) is 5.32 Å². The van der Waals surface area contributed by atoms with Gasteiger partial charge >= 0.3 is 5.97 Å². The van der Waals surface area contributed by atoms with Crippen molar-refractivity contribution in [3.63, 3.8) is 0 Å². The number of carboxylic acids is 1. The topological polar surface area (TPSA) is 49.3 Å². The molecular weight excluding hydrogens is 190 g/mol. The average molecular weight is 213 g/mol. The molecule has 0 radical (unpaired) electrons. The van der Waals surface area contributed by atoms with Gasteiger partial charge in [0.05, 0.1) is 6.42 Å². The molecule has 3 heteroatoms. The van der Waals surface area contributed by atoms with Crippen molar-refractivity contribution in [2.24, 2.45) is 5.92 Å². The molecule has 1 fully saturated rings. The third-order valence-electron chi connectivity index (χ3n) is 3.44.